The van der Waals surface area contributed by atoms with Crippen molar-refractivity contribution in [3.63, 3.8) is 0 Å². The number of likely N-dealkylation sites (tertiary alicyclic amines) is 1. The number of amides is 2. The number of fused-ring (bicyclic) bond motifs is 2. The first-order chi connectivity index (χ1) is 13.7. The van der Waals surface area contributed by atoms with Crippen LogP contribution >= 0.6 is 0 Å². The maximum Gasteiger partial charge on any atom is 0.253 e. The molecule has 1 aliphatic carbocycles. The van der Waals surface area contributed by atoms with Gasteiger partial charge in [-0.25, -0.2) is 4.98 Å². The summed E-state index contributed by atoms with van der Waals surface area (Å²) in [7, 11) is 0. The lowest BCUT2D eigenvalue weighted by molar-refractivity contribution is -0.185. The third kappa shape index (κ3) is 3.03. The first kappa shape index (κ1) is 18.1. The highest BCUT2D eigenvalue weighted by molar-refractivity contribution is 5.81. The van der Waals surface area contributed by atoms with Gasteiger partial charge in [0.1, 0.15) is 11.4 Å². The van der Waals surface area contributed by atoms with Gasteiger partial charge in [-0.1, -0.05) is 6.42 Å². The van der Waals surface area contributed by atoms with E-state index in [4.69, 9.17) is 9.47 Å². The van der Waals surface area contributed by atoms with Crippen LogP contribution in [0.4, 0.5) is 0 Å². The summed E-state index contributed by atoms with van der Waals surface area (Å²) in [6.45, 7) is 4.23. The molecule has 0 radical (unpaired) electrons. The van der Waals surface area contributed by atoms with Gasteiger partial charge < -0.3 is 23.8 Å². The van der Waals surface area contributed by atoms with Crippen LogP contribution in [-0.2, 0) is 31.2 Å². The molecule has 2 amide bonds. The van der Waals surface area contributed by atoms with Crippen LogP contribution in [0.15, 0.2) is 12.4 Å². The quantitative estimate of drug-likeness (QED) is 0.748. The highest BCUT2D eigenvalue weighted by Crippen LogP contribution is 2.41. The van der Waals surface area contributed by atoms with Crippen LogP contribution in [0.5, 0.6) is 0 Å². The van der Waals surface area contributed by atoms with Gasteiger partial charge in [-0.2, -0.15) is 0 Å². The van der Waals surface area contributed by atoms with Gasteiger partial charge in [0, 0.05) is 57.3 Å². The molecule has 2 saturated heterocycles. The molecule has 0 aromatic carbocycles. The Balaban J connectivity index is 1.32. The lowest BCUT2D eigenvalue weighted by Crippen LogP contribution is -2.56. The number of piperidine rings is 1. The van der Waals surface area contributed by atoms with Gasteiger partial charge >= 0.3 is 0 Å². The second-order valence-electron chi connectivity index (χ2n) is 8.39. The Kier molecular flexibility index (Phi) is 4.63. The Morgan fingerprint density at radius 1 is 1.04 bits per heavy atom. The number of carbonyl (C=O) groups is 2. The van der Waals surface area contributed by atoms with Crippen LogP contribution in [0.1, 0.15) is 37.9 Å². The van der Waals surface area contributed by atoms with E-state index in [1.54, 1.807) is 6.20 Å². The highest BCUT2D eigenvalue weighted by atomic mass is 16.5. The van der Waals surface area contributed by atoms with Gasteiger partial charge in [-0.15, -0.1) is 0 Å². The Labute approximate surface area is 164 Å². The number of morpholine rings is 1. The molecule has 1 atom stereocenters. The standard InChI is InChI=1S/C20H28N4O4/c25-17(15-2-1-3-15)22-7-4-20(5-8-22)19-21-6-9-24(19)14-16(28-20)18(26)23-10-12-27-13-11-23/h6,9,15-16H,1-5,7-8,10-14H2/t16-/m0/s1. The highest BCUT2D eigenvalue weighted by Gasteiger charge is 2.48. The molecule has 4 aliphatic rings. The lowest BCUT2D eigenvalue weighted by atomic mass is 9.82. The van der Waals surface area contributed by atoms with Crippen molar-refractivity contribution in [1.29, 1.82) is 0 Å². The van der Waals surface area contributed by atoms with E-state index >= 15 is 0 Å². The molecule has 28 heavy (non-hydrogen) atoms. The van der Waals surface area contributed by atoms with E-state index in [9.17, 15) is 9.59 Å². The minimum absolute atomic E-state index is 0.0370. The van der Waals surface area contributed by atoms with Crippen molar-refractivity contribution in [2.75, 3.05) is 39.4 Å². The van der Waals surface area contributed by atoms with E-state index in [0.29, 0.717) is 64.7 Å². The second-order valence-corrected chi connectivity index (χ2v) is 8.39. The SMILES string of the molecule is O=C(C1CCC1)N1CCC2(CC1)O[C@H](C(=O)N1CCOCC1)Cn1ccnc12. The van der Waals surface area contributed by atoms with E-state index in [0.717, 1.165) is 18.7 Å². The summed E-state index contributed by atoms with van der Waals surface area (Å²) in [4.78, 5) is 34.1. The van der Waals surface area contributed by atoms with E-state index in [2.05, 4.69) is 9.55 Å². The van der Waals surface area contributed by atoms with Crippen LogP contribution in [-0.4, -0.2) is 76.7 Å². The third-order valence-electron chi connectivity index (χ3n) is 6.79. The molecular formula is C20H28N4O4. The number of ether oxygens (including phenoxy) is 2. The van der Waals surface area contributed by atoms with Crippen LogP contribution in [0.25, 0.3) is 0 Å². The van der Waals surface area contributed by atoms with Crippen molar-refractivity contribution in [3.05, 3.63) is 18.2 Å². The minimum Gasteiger partial charge on any atom is -0.378 e. The summed E-state index contributed by atoms with van der Waals surface area (Å²) < 4.78 is 13.9. The fourth-order valence-corrected chi connectivity index (χ4v) is 4.86. The Bertz CT molecular complexity index is 745. The lowest BCUT2D eigenvalue weighted by Gasteiger charge is -2.47. The average Bonchev–Trinajstić information content (AvgIpc) is 3.17. The number of nitrogens with zero attached hydrogens (tertiary/aromatic N) is 4. The molecule has 1 saturated carbocycles. The fraction of sp³-hybridized carbons (Fsp3) is 0.750. The average molecular weight is 388 g/mol. The molecule has 3 aliphatic heterocycles. The fourth-order valence-electron chi connectivity index (χ4n) is 4.86. The van der Waals surface area contributed by atoms with Crippen molar-refractivity contribution in [2.24, 2.45) is 5.92 Å². The second kappa shape index (κ2) is 7.15. The molecule has 152 valence electrons. The van der Waals surface area contributed by atoms with Crippen LogP contribution in [0.3, 0.4) is 0 Å². The number of hydrogen-bond acceptors (Lipinski definition) is 5. The smallest absolute Gasteiger partial charge is 0.253 e. The summed E-state index contributed by atoms with van der Waals surface area (Å²) in [6, 6.07) is 0. The Morgan fingerprint density at radius 3 is 2.43 bits per heavy atom. The number of aromatic nitrogens is 2. The van der Waals surface area contributed by atoms with Crippen LogP contribution < -0.4 is 0 Å². The van der Waals surface area contributed by atoms with Crippen LogP contribution in [0, 0.1) is 5.92 Å². The van der Waals surface area contributed by atoms with Gasteiger partial charge in [0.05, 0.1) is 19.8 Å². The predicted octanol–water partition coefficient (Wildman–Crippen LogP) is 0.759. The number of hydrogen-bond donors (Lipinski definition) is 0. The predicted molar refractivity (Wildman–Crippen MR) is 99.3 cm³/mol. The monoisotopic (exact) mass is 388 g/mol. The molecule has 5 rings (SSSR count). The van der Waals surface area contributed by atoms with Crippen molar-refractivity contribution >= 4 is 11.8 Å². The number of imidazole rings is 1. The summed E-state index contributed by atoms with van der Waals surface area (Å²) in [5, 5.41) is 0. The third-order valence-corrected chi connectivity index (χ3v) is 6.79. The molecule has 1 spiro atoms. The Morgan fingerprint density at radius 2 is 1.75 bits per heavy atom. The number of carbonyl (C=O) groups excluding carboxylic acids is 2. The molecule has 8 nitrogen and oxygen atoms in total. The van der Waals surface area contributed by atoms with Gasteiger partial charge in [0.25, 0.3) is 5.91 Å². The maximum absolute atomic E-state index is 13.1. The maximum atomic E-state index is 13.1. The number of rotatable bonds is 2. The van der Waals surface area contributed by atoms with Gasteiger partial charge in [0.15, 0.2) is 6.10 Å². The molecule has 3 fully saturated rings. The molecule has 4 heterocycles. The largest absolute Gasteiger partial charge is 0.378 e. The van der Waals surface area contributed by atoms with Crippen molar-refractivity contribution in [1.82, 2.24) is 19.4 Å². The topological polar surface area (TPSA) is 76.9 Å². The zero-order chi connectivity index (χ0) is 19.1. The van der Waals surface area contributed by atoms with Crippen molar-refractivity contribution in [2.45, 2.75) is 50.4 Å². The molecule has 0 unspecified atom stereocenters. The molecule has 8 heteroatoms. The van der Waals surface area contributed by atoms with Gasteiger partial charge in [-0.05, 0) is 12.8 Å². The van der Waals surface area contributed by atoms with Gasteiger partial charge in [0.2, 0.25) is 5.91 Å². The summed E-state index contributed by atoms with van der Waals surface area (Å²) in [5.74, 6) is 1.45. The van der Waals surface area contributed by atoms with Crippen molar-refractivity contribution < 1.29 is 19.1 Å². The molecular weight excluding hydrogens is 360 g/mol. The van der Waals surface area contributed by atoms with E-state index in [-0.39, 0.29) is 11.8 Å². The first-order valence-corrected chi connectivity index (χ1v) is 10.5. The normalized spacial score (nSPS) is 27.4. The van der Waals surface area contributed by atoms with E-state index in [1.165, 1.54) is 6.42 Å². The molecule has 1 aromatic rings. The molecule has 1 aromatic heterocycles. The van der Waals surface area contributed by atoms with E-state index in [1.807, 2.05) is 16.0 Å². The first-order valence-electron chi connectivity index (χ1n) is 10.5. The Hall–Kier alpha value is -1.93. The molecule has 0 N–H and O–H groups in total. The summed E-state index contributed by atoms with van der Waals surface area (Å²) in [5.41, 5.74) is -0.579. The zero-order valence-corrected chi connectivity index (χ0v) is 16.2. The van der Waals surface area contributed by atoms with Crippen molar-refractivity contribution in [3.8, 4) is 0 Å². The summed E-state index contributed by atoms with van der Waals surface area (Å²) >= 11 is 0. The zero-order valence-electron chi connectivity index (χ0n) is 16.2. The van der Waals surface area contributed by atoms with Gasteiger partial charge in [-0.3, -0.25) is 9.59 Å². The van der Waals surface area contributed by atoms with E-state index < -0.39 is 11.7 Å². The van der Waals surface area contributed by atoms with Crippen LogP contribution in [0.2, 0.25) is 0 Å². The molecule has 0 bridgehead atoms. The summed E-state index contributed by atoms with van der Waals surface area (Å²) in [6.07, 6.45) is 7.81. The minimum atomic E-state index is -0.579.